The molecule has 0 aliphatic rings. The summed E-state index contributed by atoms with van der Waals surface area (Å²) in [6.45, 7) is 12.2. The van der Waals surface area contributed by atoms with Crippen molar-refractivity contribution in [3.05, 3.63) is 51.9 Å². The number of aryl methyl sites for hydroxylation is 2. The lowest BCUT2D eigenvalue weighted by molar-refractivity contribution is -0.150. The molecule has 0 amide bonds. The molecule has 0 aliphatic carbocycles. The second-order valence-corrected chi connectivity index (χ2v) is 9.67. The highest BCUT2D eigenvalue weighted by Crippen LogP contribution is 2.29. The Balaban J connectivity index is 1.91. The third-order valence-electron chi connectivity index (χ3n) is 5.71. The molecule has 3 aromatic rings. The zero-order chi connectivity index (χ0) is 25.2. The molecule has 0 saturated carbocycles. The fourth-order valence-electron chi connectivity index (χ4n) is 4.00. The second-order valence-electron chi connectivity index (χ2n) is 9.67. The van der Waals surface area contributed by atoms with Crippen LogP contribution in [0, 0.1) is 12.8 Å². The van der Waals surface area contributed by atoms with Gasteiger partial charge in [-0.25, -0.2) is 4.98 Å². The van der Waals surface area contributed by atoms with E-state index in [4.69, 9.17) is 9.72 Å². The Morgan fingerprint density at radius 1 is 1.18 bits per heavy atom. The Morgan fingerprint density at radius 3 is 2.47 bits per heavy atom. The normalized spacial score (nSPS) is 13.6. The van der Waals surface area contributed by atoms with Crippen LogP contribution in [0.5, 0.6) is 0 Å². The standard InChI is InChI=1S/C26H36N4O4/c1-15(2)14-34-26(33)23(18(6)31)27-12-19-8-9-22-21(11-19)28-24(30(22)16(3)4)20-10-17(5)25(32)29(7)13-20/h8-11,13,15-16,18,23,27,31H,12,14H2,1-7H3/t18-,23+/m1/s1. The van der Waals surface area contributed by atoms with Gasteiger partial charge in [-0.2, -0.15) is 0 Å². The van der Waals surface area contributed by atoms with Crippen molar-refractivity contribution in [2.75, 3.05) is 6.61 Å². The Morgan fingerprint density at radius 2 is 1.88 bits per heavy atom. The van der Waals surface area contributed by atoms with E-state index in [2.05, 4.69) is 23.7 Å². The van der Waals surface area contributed by atoms with Crippen molar-refractivity contribution >= 4 is 17.0 Å². The van der Waals surface area contributed by atoms with Crippen LogP contribution in [0.3, 0.4) is 0 Å². The van der Waals surface area contributed by atoms with Gasteiger partial charge in [0.2, 0.25) is 0 Å². The number of hydrogen-bond acceptors (Lipinski definition) is 6. The topological polar surface area (TPSA) is 98.4 Å². The molecule has 0 bridgehead atoms. The van der Waals surface area contributed by atoms with E-state index >= 15 is 0 Å². The number of aliphatic hydroxyl groups is 1. The number of benzene rings is 1. The maximum Gasteiger partial charge on any atom is 0.325 e. The number of imidazole rings is 1. The maximum absolute atomic E-state index is 12.4. The molecule has 0 spiro atoms. The number of rotatable bonds is 9. The fraction of sp³-hybridized carbons (Fsp3) is 0.500. The van der Waals surface area contributed by atoms with Gasteiger partial charge in [-0.05, 0) is 57.4 Å². The van der Waals surface area contributed by atoms with Crippen LogP contribution in [0.25, 0.3) is 22.4 Å². The van der Waals surface area contributed by atoms with Gasteiger partial charge in [0.1, 0.15) is 11.9 Å². The molecule has 2 N–H and O–H groups in total. The van der Waals surface area contributed by atoms with E-state index in [9.17, 15) is 14.7 Å². The highest BCUT2D eigenvalue weighted by Gasteiger charge is 2.25. The summed E-state index contributed by atoms with van der Waals surface area (Å²) < 4.78 is 9.05. The average molecular weight is 469 g/mol. The van der Waals surface area contributed by atoms with E-state index < -0.39 is 18.1 Å². The van der Waals surface area contributed by atoms with E-state index in [-0.39, 0.29) is 17.5 Å². The van der Waals surface area contributed by atoms with Gasteiger partial charge in [0.15, 0.2) is 0 Å². The molecule has 2 heterocycles. The van der Waals surface area contributed by atoms with Gasteiger partial charge in [0.05, 0.1) is 23.7 Å². The van der Waals surface area contributed by atoms with Crippen molar-refractivity contribution in [3.8, 4) is 11.4 Å². The maximum atomic E-state index is 12.4. The van der Waals surface area contributed by atoms with Crippen molar-refractivity contribution in [2.45, 2.75) is 66.3 Å². The molecule has 1 aromatic carbocycles. The number of esters is 1. The molecule has 8 heteroatoms. The molecule has 2 aromatic heterocycles. The number of nitrogens with zero attached hydrogens (tertiary/aromatic N) is 3. The Hall–Kier alpha value is -2.97. The SMILES string of the molecule is Cc1cc(-c2nc3cc(CN[C@H](C(=O)OCC(C)C)[C@@H](C)O)ccc3n2C(C)C)cn(C)c1=O. The highest BCUT2D eigenvalue weighted by molar-refractivity contribution is 5.81. The van der Waals surface area contributed by atoms with Crippen molar-refractivity contribution in [3.63, 3.8) is 0 Å². The van der Waals surface area contributed by atoms with E-state index in [1.54, 1.807) is 18.5 Å². The predicted octanol–water partition coefficient (Wildman–Crippen LogP) is 3.33. The van der Waals surface area contributed by atoms with Crippen LogP contribution >= 0.6 is 0 Å². The average Bonchev–Trinajstić information content (AvgIpc) is 3.14. The van der Waals surface area contributed by atoms with Gasteiger partial charge in [-0.1, -0.05) is 19.9 Å². The van der Waals surface area contributed by atoms with Gasteiger partial charge in [0.25, 0.3) is 5.56 Å². The lowest BCUT2D eigenvalue weighted by Crippen LogP contribution is -2.45. The minimum atomic E-state index is -0.886. The first kappa shape index (κ1) is 25.6. The molecular formula is C26H36N4O4. The van der Waals surface area contributed by atoms with Gasteiger partial charge < -0.3 is 19.0 Å². The molecule has 0 aliphatic heterocycles. The molecule has 0 saturated heterocycles. The molecular weight excluding hydrogens is 432 g/mol. The highest BCUT2D eigenvalue weighted by atomic mass is 16.5. The van der Waals surface area contributed by atoms with Crippen LogP contribution in [0.4, 0.5) is 0 Å². The minimum absolute atomic E-state index is 0.0242. The monoisotopic (exact) mass is 468 g/mol. The quantitative estimate of drug-likeness (QED) is 0.468. The van der Waals surface area contributed by atoms with Crippen molar-refractivity contribution in [2.24, 2.45) is 13.0 Å². The summed E-state index contributed by atoms with van der Waals surface area (Å²) >= 11 is 0. The van der Waals surface area contributed by atoms with Gasteiger partial charge in [0, 0.05) is 37.0 Å². The first-order chi connectivity index (χ1) is 16.0. The van der Waals surface area contributed by atoms with Crippen molar-refractivity contribution in [1.29, 1.82) is 0 Å². The zero-order valence-electron chi connectivity index (χ0n) is 21.1. The third-order valence-corrected chi connectivity index (χ3v) is 5.71. The summed E-state index contributed by atoms with van der Waals surface area (Å²) in [4.78, 5) is 29.5. The molecule has 34 heavy (non-hydrogen) atoms. The lowest BCUT2D eigenvalue weighted by Gasteiger charge is -2.20. The van der Waals surface area contributed by atoms with Crippen LogP contribution in [0.15, 0.2) is 35.3 Å². The van der Waals surface area contributed by atoms with Crippen molar-refractivity contribution in [1.82, 2.24) is 19.4 Å². The number of carbonyl (C=O) groups excluding carboxylic acids is 1. The number of ether oxygens (including phenoxy) is 1. The van der Waals surface area contributed by atoms with Crippen molar-refractivity contribution < 1.29 is 14.6 Å². The zero-order valence-corrected chi connectivity index (χ0v) is 21.1. The lowest BCUT2D eigenvalue weighted by atomic mass is 10.1. The summed E-state index contributed by atoms with van der Waals surface area (Å²) in [7, 11) is 1.75. The molecule has 3 rings (SSSR count). The van der Waals surface area contributed by atoms with E-state index in [1.165, 1.54) is 0 Å². The first-order valence-corrected chi connectivity index (χ1v) is 11.8. The molecule has 0 unspecified atom stereocenters. The third kappa shape index (κ3) is 5.56. The Bertz CT molecular complexity index is 1200. The summed E-state index contributed by atoms with van der Waals surface area (Å²) in [5.41, 5.74) is 4.27. The smallest absolute Gasteiger partial charge is 0.325 e. The largest absolute Gasteiger partial charge is 0.464 e. The number of pyridine rings is 1. The predicted molar refractivity (Wildman–Crippen MR) is 134 cm³/mol. The molecule has 0 radical (unpaired) electrons. The molecule has 8 nitrogen and oxygen atoms in total. The number of aliphatic hydroxyl groups excluding tert-OH is 1. The number of fused-ring (bicyclic) bond motifs is 1. The number of hydrogen-bond donors (Lipinski definition) is 2. The van der Waals surface area contributed by atoms with Crippen LogP contribution in [0.2, 0.25) is 0 Å². The van der Waals surface area contributed by atoms with Gasteiger partial charge in [-0.15, -0.1) is 0 Å². The Labute approximate surface area is 200 Å². The first-order valence-electron chi connectivity index (χ1n) is 11.8. The summed E-state index contributed by atoms with van der Waals surface area (Å²) in [5.74, 6) is 0.566. The number of nitrogens with one attached hydrogen (secondary N) is 1. The Kier molecular flexibility index (Phi) is 7.94. The molecule has 184 valence electrons. The van der Waals surface area contributed by atoms with E-state index in [0.717, 1.165) is 28.0 Å². The van der Waals surface area contributed by atoms with Crippen LogP contribution in [0.1, 0.15) is 51.8 Å². The molecule has 0 fully saturated rings. The van der Waals surface area contributed by atoms with Gasteiger partial charge >= 0.3 is 5.97 Å². The van der Waals surface area contributed by atoms with E-state index in [0.29, 0.717) is 18.7 Å². The van der Waals surface area contributed by atoms with E-state index in [1.807, 2.05) is 51.2 Å². The minimum Gasteiger partial charge on any atom is -0.464 e. The fourth-order valence-corrected chi connectivity index (χ4v) is 4.00. The molecule has 2 atom stereocenters. The van der Waals surface area contributed by atoms with Gasteiger partial charge in [-0.3, -0.25) is 14.9 Å². The summed E-state index contributed by atoms with van der Waals surface area (Å²) in [6, 6.07) is 7.22. The summed E-state index contributed by atoms with van der Waals surface area (Å²) in [6.07, 6.45) is 0.927. The number of aromatic nitrogens is 3. The second kappa shape index (κ2) is 10.5. The number of carbonyl (C=O) groups is 1. The summed E-state index contributed by atoms with van der Waals surface area (Å²) in [5, 5.41) is 13.2. The van der Waals surface area contributed by atoms with Crippen LogP contribution < -0.4 is 10.9 Å². The van der Waals surface area contributed by atoms with Crippen LogP contribution in [-0.2, 0) is 23.1 Å². The van der Waals surface area contributed by atoms with Crippen LogP contribution in [-0.4, -0.2) is 43.9 Å².